The Morgan fingerprint density at radius 2 is 1.82 bits per heavy atom. The molecule has 3 rings (SSSR count). The molecule has 0 aromatic heterocycles. The molecular formula is C21H26N2O4S. The van der Waals surface area contributed by atoms with Gasteiger partial charge in [-0.15, -0.1) is 0 Å². The van der Waals surface area contributed by atoms with E-state index in [1.54, 1.807) is 36.2 Å². The molecule has 0 bridgehead atoms. The number of benzene rings is 2. The molecule has 150 valence electrons. The molecule has 1 atom stereocenters. The molecule has 0 spiro atoms. The first-order chi connectivity index (χ1) is 13.4. The quantitative estimate of drug-likeness (QED) is 0.744. The second-order valence-electron chi connectivity index (χ2n) is 6.84. The van der Waals surface area contributed by atoms with E-state index in [0.717, 1.165) is 5.69 Å². The minimum absolute atomic E-state index is 0.0576. The molecule has 2 aromatic carbocycles. The van der Waals surface area contributed by atoms with Crippen molar-refractivity contribution in [2.45, 2.75) is 24.7 Å². The standard InChI is InChI=1S/C21H26N2O4S/c1-3-27-19-11-13-20(14-12-19)28(25,26)23-15-7-8-17(16-23)21(24)22(2)18-9-5-4-6-10-18/h4-6,9-14,17H,3,7-8,15-16H2,1-2H3. The van der Waals surface area contributed by atoms with E-state index >= 15 is 0 Å². The van der Waals surface area contributed by atoms with Crippen LogP contribution >= 0.6 is 0 Å². The highest BCUT2D eigenvalue weighted by Gasteiger charge is 2.34. The smallest absolute Gasteiger partial charge is 0.243 e. The van der Waals surface area contributed by atoms with Crippen molar-refractivity contribution in [2.75, 3.05) is 31.6 Å². The highest BCUT2D eigenvalue weighted by atomic mass is 32.2. The maximum Gasteiger partial charge on any atom is 0.243 e. The fourth-order valence-corrected chi connectivity index (χ4v) is 4.96. The van der Waals surface area contributed by atoms with Crippen molar-refractivity contribution < 1.29 is 17.9 Å². The Hall–Kier alpha value is -2.38. The van der Waals surface area contributed by atoms with Crippen LogP contribution < -0.4 is 9.64 Å². The number of nitrogens with zero attached hydrogens (tertiary/aromatic N) is 2. The van der Waals surface area contributed by atoms with Gasteiger partial charge in [-0.3, -0.25) is 4.79 Å². The number of ether oxygens (including phenoxy) is 1. The Morgan fingerprint density at radius 3 is 2.46 bits per heavy atom. The third-order valence-electron chi connectivity index (χ3n) is 4.98. The van der Waals surface area contributed by atoms with Gasteiger partial charge in [0.15, 0.2) is 0 Å². The minimum Gasteiger partial charge on any atom is -0.494 e. The molecule has 0 N–H and O–H groups in total. The SMILES string of the molecule is CCOc1ccc(S(=O)(=O)N2CCCC(C(=O)N(C)c3ccccc3)C2)cc1. The highest BCUT2D eigenvalue weighted by molar-refractivity contribution is 7.89. The Balaban J connectivity index is 1.74. The lowest BCUT2D eigenvalue weighted by atomic mass is 9.98. The first-order valence-electron chi connectivity index (χ1n) is 9.49. The predicted octanol–water partition coefficient (Wildman–Crippen LogP) is 3.15. The molecule has 1 fully saturated rings. The fourth-order valence-electron chi connectivity index (χ4n) is 3.44. The maximum atomic E-state index is 13.0. The third kappa shape index (κ3) is 4.36. The van der Waals surface area contributed by atoms with Gasteiger partial charge in [0.25, 0.3) is 0 Å². The zero-order valence-corrected chi connectivity index (χ0v) is 17.1. The minimum atomic E-state index is -3.64. The second-order valence-corrected chi connectivity index (χ2v) is 8.78. The van der Waals surface area contributed by atoms with E-state index in [2.05, 4.69) is 0 Å². The Kier molecular flexibility index (Phi) is 6.36. The fraction of sp³-hybridized carbons (Fsp3) is 0.381. The molecule has 1 heterocycles. The summed E-state index contributed by atoms with van der Waals surface area (Å²) in [6.45, 7) is 3.03. The molecule has 28 heavy (non-hydrogen) atoms. The first-order valence-corrected chi connectivity index (χ1v) is 10.9. The van der Waals surface area contributed by atoms with Crippen molar-refractivity contribution in [1.29, 1.82) is 0 Å². The topological polar surface area (TPSA) is 66.9 Å². The summed E-state index contributed by atoms with van der Waals surface area (Å²) in [6.07, 6.45) is 1.35. The number of carbonyl (C=O) groups is 1. The predicted molar refractivity (Wildman–Crippen MR) is 109 cm³/mol. The van der Waals surface area contributed by atoms with E-state index in [1.807, 2.05) is 37.3 Å². The van der Waals surface area contributed by atoms with Crippen LogP contribution in [0.25, 0.3) is 0 Å². The van der Waals surface area contributed by atoms with Crippen molar-refractivity contribution in [3.63, 3.8) is 0 Å². The summed E-state index contributed by atoms with van der Waals surface area (Å²) < 4.78 is 32.9. The van der Waals surface area contributed by atoms with Crippen LogP contribution in [0.1, 0.15) is 19.8 Å². The average molecular weight is 403 g/mol. The van der Waals surface area contributed by atoms with E-state index in [4.69, 9.17) is 4.74 Å². The van der Waals surface area contributed by atoms with Crippen LogP contribution in [0.2, 0.25) is 0 Å². The van der Waals surface area contributed by atoms with Gasteiger partial charge in [-0.25, -0.2) is 8.42 Å². The maximum absolute atomic E-state index is 13.0. The van der Waals surface area contributed by atoms with E-state index in [1.165, 1.54) is 4.31 Å². The van der Waals surface area contributed by atoms with Crippen molar-refractivity contribution in [2.24, 2.45) is 5.92 Å². The van der Waals surface area contributed by atoms with Gasteiger partial charge in [0, 0.05) is 25.8 Å². The number of carbonyl (C=O) groups excluding carboxylic acids is 1. The third-order valence-corrected chi connectivity index (χ3v) is 6.86. The Labute approximate surface area is 166 Å². The van der Waals surface area contributed by atoms with E-state index in [-0.39, 0.29) is 23.3 Å². The van der Waals surface area contributed by atoms with Crippen molar-refractivity contribution in [1.82, 2.24) is 4.31 Å². The Morgan fingerprint density at radius 1 is 1.14 bits per heavy atom. The second kappa shape index (κ2) is 8.75. The molecule has 0 aliphatic carbocycles. The number of hydrogen-bond donors (Lipinski definition) is 0. The number of amides is 1. The first kappa shape index (κ1) is 20.4. The summed E-state index contributed by atoms with van der Waals surface area (Å²) in [5.74, 6) is 0.229. The number of hydrogen-bond acceptors (Lipinski definition) is 4. The molecular weight excluding hydrogens is 376 g/mol. The number of para-hydroxylation sites is 1. The summed E-state index contributed by atoms with van der Waals surface area (Å²) >= 11 is 0. The molecule has 0 saturated carbocycles. The van der Waals surface area contributed by atoms with Crippen LogP contribution in [-0.4, -0.2) is 45.4 Å². The molecule has 0 radical (unpaired) electrons. The van der Waals surface area contributed by atoms with Crippen molar-refractivity contribution in [3.8, 4) is 5.75 Å². The zero-order chi connectivity index (χ0) is 20.1. The van der Waals surface area contributed by atoms with Crippen molar-refractivity contribution in [3.05, 3.63) is 54.6 Å². The van der Waals surface area contributed by atoms with Gasteiger partial charge < -0.3 is 9.64 Å². The normalized spacial score (nSPS) is 17.9. The average Bonchev–Trinajstić information content (AvgIpc) is 2.74. The van der Waals surface area contributed by atoms with E-state index in [9.17, 15) is 13.2 Å². The number of anilines is 1. The molecule has 2 aromatic rings. The van der Waals surface area contributed by atoms with Crippen LogP contribution in [0.5, 0.6) is 5.75 Å². The van der Waals surface area contributed by atoms with Gasteiger partial charge in [-0.05, 0) is 56.2 Å². The molecule has 1 aliphatic rings. The molecule has 1 saturated heterocycles. The molecule has 1 amide bonds. The number of piperidine rings is 1. The molecule has 1 aliphatic heterocycles. The summed E-state index contributed by atoms with van der Waals surface area (Å²) in [7, 11) is -1.91. The monoisotopic (exact) mass is 402 g/mol. The lowest BCUT2D eigenvalue weighted by Crippen LogP contribution is -2.45. The number of sulfonamides is 1. The van der Waals surface area contributed by atoms with Crippen LogP contribution in [0.3, 0.4) is 0 Å². The molecule has 7 heteroatoms. The lowest BCUT2D eigenvalue weighted by molar-refractivity contribution is -0.123. The largest absolute Gasteiger partial charge is 0.494 e. The summed E-state index contributed by atoms with van der Waals surface area (Å²) in [5, 5.41) is 0. The van der Waals surface area contributed by atoms with E-state index < -0.39 is 10.0 Å². The van der Waals surface area contributed by atoms with Crippen LogP contribution in [0, 0.1) is 5.92 Å². The zero-order valence-electron chi connectivity index (χ0n) is 16.2. The lowest BCUT2D eigenvalue weighted by Gasteiger charge is -2.33. The van der Waals surface area contributed by atoms with Crippen LogP contribution in [-0.2, 0) is 14.8 Å². The van der Waals surface area contributed by atoms with Gasteiger partial charge in [0.05, 0.1) is 17.4 Å². The Bertz CT molecular complexity index is 898. The van der Waals surface area contributed by atoms with Crippen LogP contribution in [0.15, 0.2) is 59.5 Å². The van der Waals surface area contributed by atoms with Gasteiger partial charge in [-0.1, -0.05) is 18.2 Å². The summed E-state index contributed by atoms with van der Waals surface area (Å²) in [4.78, 5) is 14.7. The molecule has 6 nitrogen and oxygen atoms in total. The van der Waals surface area contributed by atoms with Crippen LogP contribution in [0.4, 0.5) is 5.69 Å². The highest BCUT2D eigenvalue weighted by Crippen LogP contribution is 2.27. The van der Waals surface area contributed by atoms with Gasteiger partial charge >= 0.3 is 0 Å². The molecule has 1 unspecified atom stereocenters. The summed E-state index contributed by atoms with van der Waals surface area (Å²) in [6, 6.07) is 15.8. The van der Waals surface area contributed by atoms with E-state index in [0.29, 0.717) is 31.7 Å². The van der Waals surface area contributed by atoms with Gasteiger partial charge in [0.2, 0.25) is 15.9 Å². The van der Waals surface area contributed by atoms with Crippen molar-refractivity contribution >= 4 is 21.6 Å². The van der Waals surface area contributed by atoms with Gasteiger partial charge in [0.1, 0.15) is 5.75 Å². The van der Waals surface area contributed by atoms with Gasteiger partial charge in [-0.2, -0.15) is 4.31 Å². The number of rotatable bonds is 6. The summed E-state index contributed by atoms with van der Waals surface area (Å²) in [5.41, 5.74) is 0.805.